The summed E-state index contributed by atoms with van der Waals surface area (Å²) in [4.78, 5) is 26.2. The van der Waals surface area contributed by atoms with Gasteiger partial charge in [0.2, 0.25) is 0 Å². The molecule has 5 nitrogen and oxygen atoms in total. The quantitative estimate of drug-likeness (QED) is 0.920. The summed E-state index contributed by atoms with van der Waals surface area (Å²) in [6, 6.07) is 14.7. The maximum atomic E-state index is 12.2. The van der Waals surface area contributed by atoms with Crippen LogP contribution in [0.1, 0.15) is 26.3 Å². The van der Waals surface area contributed by atoms with Crippen molar-refractivity contribution in [3.05, 3.63) is 65.2 Å². The molecule has 2 aromatic rings. The van der Waals surface area contributed by atoms with Gasteiger partial charge in [-0.1, -0.05) is 30.3 Å². The number of para-hydroxylation sites is 1. The summed E-state index contributed by atoms with van der Waals surface area (Å²) in [6.07, 6.45) is 0. The number of rotatable bonds is 5. The van der Waals surface area contributed by atoms with Gasteiger partial charge in [-0.25, -0.2) is 0 Å². The smallest absolute Gasteiger partial charge is 0.255 e. The Morgan fingerprint density at radius 1 is 1.17 bits per heavy atom. The van der Waals surface area contributed by atoms with E-state index in [2.05, 4.69) is 5.32 Å². The second kappa shape index (κ2) is 6.52. The predicted octanol–water partition coefficient (Wildman–Crippen LogP) is 2.08. The number of benzene rings is 2. The van der Waals surface area contributed by atoms with E-state index in [-0.39, 0.29) is 11.8 Å². The topological polar surface area (TPSA) is 58.6 Å². The van der Waals surface area contributed by atoms with Crippen molar-refractivity contribution < 1.29 is 14.3 Å². The lowest BCUT2D eigenvalue weighted by Crippen LogP contribution is -2.35. The molecule has 3 rings (SSSR count). The van der Waals surface area contributed by atoms with Gasteiger partial charge in [-0.3, -0.25) is 9.59 Å². The number of carbonyl (C=O) groups is 2. The summed E-state index contributed by atoms with van der Waals surface area (Å²) in [5.41, 5.74) is 2.28. The number of hydrogen-bond donors (Lipinski definition) is 1. The van der Waals surface area contributed by atoms with E-state index in [0.717, 1.165) is 11.1 Å². The molecule has 0 bridgehead atoms. The third kappa shape index (κ3) is 3.04. The van der Waals surface area contributed by atoms with Crippen LogP contribution in [0.5, 0.6) is 5.75 Å². The Morgan fingerprint density at radius 2 is 1.91 bits per heavy atom. The number of hydrogen-bond acceptors (Lipinski definition) is 3. The van der Waals surface area contributed by atoms with E-state index in [1.807, 2.05) is 30.3 Å². The van der Waals surface area contributed by atoms with E-state index in [9.17, 15) is 9.59 Å². The van der Waals surface area contributed by atoms with Crippen LogP contribution in [0.25, 0.3) is 0 Å². The van der Waals surface area contributed by atoms with Crippen LogP contribution >= 0.6 is 0 Å². The Balaban J connectivity index is 1.56. The summed E-state index contributed by atoms with van der Waals surface area (Å²) in [5.74, 6) is 0.355. The first-order chi connectivity index (χ1) is 11.2. The monoisotopic (exact) mass is 310 g/mol. The first kappa shape index (κ1) is 15.1. The van der Waals surface area contributed by atoms with Crippen molar-refractivity contribution in [3.8, 4) is 5.75 Å². The van der Waals surface area contributed by atoms with E-state index < -0.39 is 0 Å². The van der Waals surface area contributed by atoms with Crippen LogP contribution in [0.2, 0.25) is 0 Å². The Labute approximate surface area is 134 Å². The molecule has 0 saturated heterocycles. The Morgan fingerprint density at radius 3 is 2.70 bits per heavy atom. The van der Waals surface area contributed by atoms with Crippen LogP contribution in [0.4, 0.5) is 0 Å². The van der Waals surface area contributed by atoms with Gasteiger partial charge in [0, 0.05) is 25.2 Å². The molecule has 2 amide bonds. The number of fused-ring (bicyclic) bond motifs is 1. The molecule has 2 aromatic carbocycles. The van der Waals surface area contributed by atoms with Gasteiger partial charge in [0.15, 0.2) is 0 Å². The molecule has 1 aliphatic rings. The number of ether oxygens (including phenoxy) is 1. The van der Waals surface area contributed by atoms with Crippen molar-refractivity contribution in [2.45, 2.75) is 6.54 Å². The summed E-state index contributed by atoms with van der Waals surface area (Å²) in [7, 11) is 1.53. The Kier molecular flexibility index (Phi) is 4.28. The van der Waals surface area contributed by atoms with Crippen LogP contribution in [0.15, 0.2) is 48.5 Å². The highest BCUT2D eigenvalue weighted by Crippen LogP contribution is 2.21. The summed E-state index contributed by atoms with van der Waals surface area (Å²) >= 11 is 0. The van der Waals surface area contributed by atoms with Crippen molar-refractivity contribution in [2.24, 2.45) is 0 Å². The fourth-order valence-electron chi connectivity index (χ4n) is 2.73. The second-order valence-electron chi connectivity index (χ2n) is 5.34. The molecule has 0 aliphatic carbocycles. The van der Waals surface area contributed by atoms with Crippen molar-refractivity contribution >= 4 is 11.8 Å². The molecule has 0 fully saturated rings. The summed E-state index contributed by atoms with van der Waals surface area (Å²) < 4.78 is 5.18. The van der Waals surface area contributed by atoms with Crippen LogP contribution in [0, 0.1) is 0 Å². The first-order valence-corrected chi connectivity index (χ1v) is 7.49. The van der Waals surface area contributed by atoms with Gasteiger partial charge in [0.1, 0.15) is 5.75 Å². The van der Waals surface area contributed by atoms with Gasteiger partial charge >= 0.3 is 0 Å². The van der Waals surface area contributed by atoms with Crippen molar-refractivity contribution in [3.63, 3.8) is 0 Å². The molecule has 0 saturated carbocycles. The zero-order chi connectivity index (χ0) is 16.2. The maximum absolute atomic E-state index is 12.2. The molecule has 0 atom stereocenters. The molecule has 23 heavy (non-hydrogen) atoms. The third-order valence-electron chi connectivity index (χ3n) is 3.92. The molecule has 118 valence electrons. The molecule has 0 aromatic heterocycles. The predicted molar refractivity (Wildman–Crippen MR) is 86.5 cm³/mol. The molecule has 0 spiro atoms. The minimum atomic E-state index is -0.202. The Bertz CT molecular complexity index is 743. The van der Waals surface area contributed by atoms with E-state index in [0.29, 0.717) is 30.9 Å². The molecule has 0 radical (unpaired) electrons. The average molecular weight is 310 g/mol. The molecule has 1 aliphatic heterocycles. The lowest BCUT2D eigenvalue weighted by Gasteiger charge is -2.16. The molecule has 0 unspecified atom stereocenters. The fraction of sp³-hybridized carbons (Fsp3) is 0.222. The normalized spacial score (nSPS) is 12.9. The Hall–Kier alpha value is -2.82. The molecule has 1 N–H and O–H groups in total. The first-order valence-electron chi connectivity index (χ1n) is 7.49. The summed E-state index contributed by atoms with van der Waals surface area (Å²) in [6.45, 7) is 1.48. The van der Waals surface area contributed by atoms with Crippen LogP contribution in [0.3, 0.4) is 0 Å². The van der Waals surface area contributed by atoms with E-state index in [1.54, 1.807) is 23.1 Å². The van der Waals surface area contributed by atoms with Gasteiger partial charge in [-0.05, 0) is 23.8 Å². The van der Waals surface area contributed by atoms with Gasteiger partial charge in [0.05, 0.1) is 12.7 Å². The molecule has 5 heteroatoms. The maximum Gasteiger partial charge on any atom is 0.255 e. The van der Waals surface area contributed by atoms with E-state index in [4.69, 9.17) is 4.74 Å². The molecule has 1 heterocycles. The lowest BCUT2D eigenvalue weighted by molar-refractivity contribution is 0.0770. The minimum absolute atomic E-state index is 0.0205. The van der Waals surface area contributed by atoms with Crippen molar-refractivity contribution in [1.29, 1.82) is 0 Å². The molecular weight excluding hydrogens is 292 g/mol. The number of nitrogens with one attached hydrogen (secondary N) is 1. The third-order valence-corrected chi connectivity index (χ3v) is 3.92. The summed E-state index contributed by atoms with van der Waals surface area (Å²) in [5, 5.41) is 2.84. The van der Waals surface area contributed by atoms with Gasteiger partial charge in [-0.15, -0.1) is 0 Å². The van der Waals surface area contributed by atoms with Crippen molar-refractivity contribution in [2.75, 3.05) is 20.2 Å². The van der Waals surface area contributed by atoms with E-state index in [1.165, 1.54) is 7.11 Å². The van der Waals surface area contributed by atoms with Crippen LogP contribution < -0.4 is 10.1 Å². The van der Waals surface area contributed by atoms with Gasteiger partial charge in [-0.2, -0.15) is 0 Å². The van der Waals surface area contributed by atoms with Crippen molar-refractivity contribution in [1.82, 2.24) is 10.2 Å². The zero-order valence-corrected chi connectivity index (χ0v) is 12.9. The largest absolute Gasteiger partial charge is 0.496 e. The number of nitrogens with zero attached hydrogens (tertiary/aromatic N) is 1. The van der Waals surface area contributed by atoms with Crippen LogP contribution in [-0.4, -0.2) is 36.9 Å². The second-order valence-corrected chi connectivity index (χ2v) is 5.34. The minimum Gasteiger partial charge on any atom is -0.496 e. The van der Waals surface area contributed by atoms with Gasteiger partial charge < -0.3 is 15.0 Å². The highest BCUT2D eigenvalue weighted by atomic mass is 16.5. The number of amides is 2. The number of carbonyl (C=O) groups excluding carboxylic acids is 2. The fourth-order valence-corrected chi connectivity index (χ4v) is 2.73. The average Bonchev–Trinajstić information content (AvgIpc) is 2.91. The SMILES string of the molecule is COc1ccccc1C(=O)NCCN1Cc2ccccc2C1=O. The van der Waals surface area contributed by atoms with E-state index >= 15 is 0 Å². The van der Waals surface area contributed by atoms with Gasteiger partial charge in [0.25, 0.3) is 11.8 Å². The highest BCUT2D eigenvalue weighted by molar-refractivity contribution is 5.98. The standard InChI is InChI=1S/C18H18N2O3/c1-23-16-9-5-4-8-15(16)17(21)19-10-11-20-12-13-6-2-3-7-14(13)18(20)22/h2-9H,10-12H2,1H3,(H,19,21). The molecular formula is C18H18N2O3. The highest BCUT2D eigenvalue weighted by Gasteiger charge is 2.26. The zero-order valence-electron chi connectivity index (χ0n) is 12.9. The number of methoxy groups -OCH3 is 1. The van der Waals surface area contributed by atoms with Crippen LogP contribution in [-0.2, 0) is 6.54 Å². The lowest BCUT2D eigenvalue weighted by atomic mass is 10.1.